The molecular weight excluding hydrogens is 488 g/mol. The highest BCUT2D eigenvalue weighted by molar-refractivity contribution is 7.99. The number of carbonyl (C=O) groups excluding carboxylic acids is 2. The molecule has 0 aliphatic heterocycles. The van der Waals surface area contributed by atoms with Crippen LogP contribution in [-0.4, -0.2) is 34.6 Å². The molecule has 0 bridgehead atoms. The molecule has 0 aliphatic rings. The summed E-state index contributed by atoms with van der Waals surface area (Å²) in [5.74, 6) is 0.790. The van der Waals surface area contributed by atoms with Crippen LogP contribution in [0.3, 0.4) is 0 Å². The van der Waals surface area contributed by atoms with Crippen molar-refractivity contribution in [1.29, 1.82) is 0 Å². The van der Waals surface area contributed by atoms with E-state index < -0.39 is 6.04 Å². The van der Waals surface area contributed by atoms with Gasteiger partial charge in [-0.05, 0) is 43.0 Å². The van der Waals surface area contributed by atoms with Gasteiger partial charge in [0.1, 0.15) is 6.04 Å². The van der Waals surface area contributed by atoms with Gasteiger partial charge in [-0.3, -0.25) is 9.59 Å². The quantitative estimate of drug-likeness (QED) is 0.298. The molecule has 0 fully saturated rings. The number of nitrogens with one attached hydrogen (secondary N) is 1. The molecule has 3 aromatic carbocycles. The lowest BCUT2D eigenvalue weighted by atomic mass is 10.0. The maximum absolute atomic E-state index is 13.7. The molecule has 6 heteroatoms. The zero-order valence-electron chi connectivity index (χ0n) is 21.2. The molecule has 4 nitrogen and oxygen atoms in total. The van der Waals surface area contributed by atoms with E-state index in [4.69, 9.17) is 11.6 Å². The highest BCUT2D eigenvalue weighted by Gasteiger charge is 2.31. The molecule has 2 amide bonds. The SMILES string of the molecule is CC[C@H](C)NC(=O)[C@@H](Cc1ccccc1)N(Cc1ccccc1Cl)C(=O)CSCc1ccc(C)cc1. The fraction of sp³-hybridized carbons (Fsp3) is 0.333. The van der Waals surface area contributed by atoms with E-state index in [1.54, 1.807) is 16.7 Å². The summed E-state index contributed by atoms with van der Waals surface area (Å²) in [5, 5.41) is 3.69. The van der Waals surface area contributed by atoms with E-state index in [9.17, 15) is 9.59 Å². The molecular formula is C30H35ClN2O2S. The van der Waals surface area contributed by atoms with E-state index in [-0.39, 0.29) is 30.2 Å². The van der Waals surface area contributed by atoms with Crippen LogP contribution in [0.1, 0.15) is 42.5 Å². The number of carbonyl (C=O) groups is 2. The molecule has 1 N–H and O–H groups in total. The molecule has 0 heterocycles. The second-order valence-electron chi connectivity index (χ2n) is 9.11. The lowest BCUT2D eigenvalue weighted by molar-refractivity contribution is -0.139. The van der Waals surface area contributed by atoms with Crippen molar-refractivity contribution >= 4 is 35.2 Å². The Morgan fingerprint density at radius 3 is 2.28 bits per heavy atom. The Kier molecular flexibility index (Phi) is 10.9. The normalized spacial score (nSPS) is 12.6. The van der Waals surface area contributed by atoms with Crippen molar-refractivity contribution in [1.82, 2.24) is 10.2 Å². The molecule has 3 aromatic rings. The van der Waals surface area contributed by atoms with Crippen molar-refractivity contribution in [2.24, 2.45) is 0 Å². The third-order valence-corrected chi connectivity index (χ3v) is 7.54. The van der Waals surface area contributed by atoms with E-state index in [0.717, 1.165) is 23.3 Å². The standard InChI is InChI=1S/C30H35ClN2O2S/c1-4-23(3)32-30(35)28(18-24-10-6-5-7-11-24)33(19-26-12-8-9-13-27(26)31)29(34)21-36-20-25-16-14-22(2)15-17-25/h5-17,23,28H,4,18-21H2,1-3H3,(H,32,35)/t23-,28+/m0/s1. The van der Waals surface area contributed by atoms with Gasteiger partial charge < -0.3 is 10.2 Å². The molecule has 36 heavy (non-hydrogen) atoms. The van der Waals surface area contributed by atoms with Crippen molar-refractivity contribution < 1.29 is 9.59 Å². The summed E-state index contributed by atoms with van der Waals surface area (Å²) in [4.78, 5) is 28.9. The molecule has 0 aromatic heterocycles. The number of thioether (sulfide) groups is 1. The maximum Gasteiger partial charge on any atom is 0.243 e. The molecule has 3 rings (SSSR count). The number of aryl methyl sites for hydroxylation is 1. The highest BCUT2D eigenvalue weighted by atomic mass is 35.5. The first-order chi connectivity index (χ1) is 17.4. The second kappa shape index (κ2) is 14.1. The number of amides is 2. The zero-order valence-corrected chi connectivity index (χ0v) is 22.8. The Morgan fingerprint density at radius 2 is 1.61 bits per heavy atom. The summed E-state index contributed by atoms with van der Waals surface area (Å²) in [6.45, 7) is 6.35. The Balaban J connectivity index is 1.86. The average molecular weight is 523 g/mol. The third kappa shape index (κ3) is 8.42. The zero-order chi connectivity index (χ0) is 25.9. The fourth-order valence-corrected chi connectivity index (χ4v) is 4.89. The van der Waals surface area contributed by atoms with Gasteiger partial charge in [-0.15, -0.1) is 11.8 Å². The summed E-state index contributed by atoms with van der Waals surface area (Å²) in [6.07, 6.45) is 1.25. The van der Waals surface area contributed by atoms with Crippen LogP contribution in [0.4, 0.5) is 0 Å². The molecule has 0 saturated heterocycles. The van der Waals surface area contributed by atoms with Crippen molar-refractivity contribution in [2.45, 2.75) is 58.0 Å². The largest absolute Gasteiger partial charge is 0.352 e. The predicted molar refractivity (Wildman–Crippen MR) is 151 cm³/mol. The number of halogens is 1. The van der Waals surface area contributed by atoms with E-state index in [2.05, 4.69) is 36.5 Å². The van der Waals surface area contributed by atoms with Gasteiger partial charge in [0.05, 0.1) is 5.75 Å². The summed E-state index contributed by atoms with van der Waals surface area (Å²) < 4.78 is 0. The topological polar surface area (TPSA) is 49.4 Å². The Bertz CT molecular complexity index is 1120. The Hall–Kier alpha value is -2.76. The van der Waals surface area contributed by atoms with E-state index >= 15 is 0 Å². The van der Waals surface area contributed by atoms with Gasteiger partial charge in [-0.2, -0.15) is 0 Å². The third-order valence-electron chi connectivity index (χ3n) is 6.19. The number of benzene rings is 3. The lowest BCUT2D eigenvalue weighted by Gasteiger charge is -2.32. The van der Waals surface area contributed by atoms with Crippen molar-refractivity contribution in [3.05, 3.63) is 106 Å². The van der Waals surface area contributed by atoms with Crippen LogP contribution < -0.4 is 5.32 Å². The minimum Gasteiger partial charge on any atom is -0.352 e. The van der Waals surface area contributed by atoms with Crippen LogP contribution in [0.5, 0.6) is 0 Å². The molecule has 0 spiro atoms. The smallest absolute Gasteiger partial charge is 0.243 e. The number of rotatable bonds is 12. The van der Waals surface area contributed by atoms with Crippen molar-refractivity contribution in [3.8, 4) is 0 Å². The van der Waals surface area contributed by atoms with Gasteiger partial charge in [-0.1, -0.05) is 96.9 Å². The lowest BCUT2D eigenvalue weighted by Crippen LogP contribution is -2.52. The van der Waals surface area contributed by atoms with Gasteiger partial charge in [0.25, 0.3) is 0 Å². The summed E-state index contributed by atoms with van der Waals surface area (Å²) in [7, 11) is 0. The Morgan fingerprint density at radius 1 is 0.944 bits per heavy atom. The fourth-order valence-electron chi connectivity index (χ4n) is 3.83. The summed E-state index contributed by atoms with van der Waals surface area (Å²) in [6, 6.07) is 25.1. The molecule has 0 saturated carbocycles. The van der Waals surface area contributed by atoms with Crippen LogP contribution in [0, 0.1) is 6.92 Å². The Labute approximate surface area is 224 Å². The molecule has 190 valence electrons. The van der Waals surface area contributed by atoms with E-state index in [1.165, 1.54) is 11.1 Å². The average Bonchev–Trinajstić information content (AvgIpc) is 2.88. The van der Waals surface area contributed by atoms with Crippen molar-refractivity contribution in [2.75, 3.05) is 5.75 Å². The van der Waals surface area contributed by atoms with Crippen LogP contribution in [0.25, 0.3) is 0 Å². The number of nitrogens with zero attached hydrogens (tertiary/aromatic N) is 1. The van der Waals surface area contributed by atoms with Crippen molar-refractivity contribution in [3.63, 3.8) is 0 Å². The molecule has 0 unspecified atom stereocenters. The summed E-state index contributed by atoms with van der Waals surface area (Å²) >= 11 is 8.04. The minimum absolute atomic E-state index is 0.0175. The van der Waals surface area contributed by atoms with Gasteiger partial charge in [0.2, 0.25) is 11.8 Å². The van der Waals surface area contributed by atoms with E-state index in [0.29, 0.717) is 11.4 Å². The van der Waals surface area contributed by atoms with Crippen LogP contribution >= 0.6 is 23.4 Å². The highest BCUT2D eigenvalue weighted by Crippen LogP contribution is 2.22. The van der Waals surface area contributed by atoms with Gasteiger partial charge in [0, 0.05) is 29.8 Å². The molecule has 0 radical (unpaired) electrons. The molecule has 0 aliphatic carbocycles. The number of hydrogen-bond acceptors (Lipinski definition) is 3. The van der Waals surface area contributed by atoms with Crippen LogP contribution in [0.15, 0.2) is 78.9 Å². The molecule has 2 atom stereocenters. The first-order valence-corrected chi connectivity index (χ1v) is 13.9. The number of hydrogen-bond donors (Lipinski definition) is 1. The first kappa shape index (κ1) is 27.8. The van der Waals surface area contributed by atoms with Crippen LogP contribution in [-0.2, 0) is 28.3 Å². The summed E-state index contributed by atoms with van der Waals surface area (Å²) in [5.41, 5.74) is 4.21. The monoisotopic (exact) mass is 522 g/mol. The van der Waals surface area contributed by atoms with Gasteiger partial charge >= 0.3 is 0 Å². The maximum atomic E-state index is 13.7. The minimum atomic E-state index is -0.648. The van der Waals surface area contributed by atoms with Gasteiger partial charge in [-0.25, -0.2) is 0 Å². The second-order valence-corrected chi connectivity index (χ2v) is 10.5. The van der Waals surface area contributed by atoms with Crippen LogP contribution in [0.2, 0.25) is 5.02 Å². The van der Waals surface area contributed by atoms with E-state index in [1.807, 2.05) is 68.4 Å². The first-order valence-electron chi connectivity index (χ1n) is 12.4. The van der Waals surface area contributed by atoms with Gasteiger partial charge in [0.15, 0.2) is 0 Å². The predicted octanol–water partition coefficient (Wildman–Crippen LogP) is 6.44.